The van der Waals surface area contributed by atoms with E-state index >= 15 is 0 Å². The first-order chi connectivity index (χ1) is 10.9. The number of hydrogen-bond donors (Lipinski definition) is 1. The van der Waals surface area contributed by atoms with Crippen molar-refractivity contribution >= 4 is 29.0 Å². The summed E-state index contributed by atoms with van der Waals surface area (Å²) in [5.41, 5.74) is 2.40. The predicted molar refractivity (Wildman–Crippen MR) is 93.5 cm³/mol. The number of piperazine rings is 1. The third-order valence-electron chi connectivity index (χ3n) is 4.34. The first-order valence-electron chi connectivity index (χ1n) is 7.91. The Kier molecular flexibility index (Phi) is 3.91. The second-order valence-electron chi connectivity index (χ2n) is 5.88. The molecule has 0 saturated carbocycles. The Balaban J connectivity index is 1.72. The molecule has 1 saturated heterocycles. The fourth-order valence-corrected chi connectivity index (χ4v) is 3.93. The highest BCUT2D eigenvalue weighted by atomic mass is 32.1. The summed E-state index contributed by atoms with van der Waals surface area (Å²) in [6.45, 7) is 4.03. The van der Waals surface area contributed by atoms with Crippen molar-refractivity contribution in [2.45, 2.75) is 12.8 Å². The van der Waals surface area contributed by atoms with Gasteiger partial charge in [0.25, 0.3) is 0 Å². The van der Waals surface area contributed by atoms with Crippen LogP contribution in [0.1, 0.15) is 17.7 Å². The summed E-state index contributed by atoms with van der Waals surface area (Å²) < 4.78 is 0. The van der Waals surface area contributed by atoms with Crippen LogP contribution in [0.5, 0.6) is 0 Å². The largest absolute Gasteiger partial charge is 0.352 e. The molecule has 1 aromatic rings. The average Bonchev–Trinajstić information content (AvgIpc) is 3.08. The van der Waals surface area contributed by atoms with Gasteiger partial charge in [-0.25, -0.2) is 4.99 Å². The minimum atomic E-state index is 0.536. The predicted octanol–water partition coefficient (Wildman–Crippen LogP) is 2.77. The maximum Gasteiger partial charge on any atom is 0.154 e. The van der Waals surface area contributed by atoms with E-state index in [0.717, 1.165) is 50.6 Å². The van der Waals surface area contributed by atoms with Crippen molar-refractivity contribution in [3.05, 3.63) is 40.4 Å². The second-order valence-corrected chi connectivity index (χ2v) is 6.83. The van der Waals surface area contributed by atoms with Gasteiger partial charge in [0.05, 0.1) is 0 Å². The summed E-state index contributed by atoms with van der Waals surface area (Å²) in [7, 11) is 0. The van der Waals surface area contributed by atoms with Crippen molar-refractivity contribution in [1.82, 2.24) is 10.2 Å². The van der Waals surface area contributed by atoms with Crippen molar-refractivity contribution in [1.29, 1.82) is 0 Å². The number of allylic oxidation sites excluding steroid dienone is 2. The van der Waals surface area contributed by atoms with Gasteiger partial charge in [0, 0.05) is 43.5 Å². The first-order valence-corrected chi connectivity index (χ1v) is 8.79. The number of aliphatic imine (C=N–C) groups is 2. The molecule has 1 aromatic heterocycles. The Morgan fingerprint density at radius 1 is 1.27 bits per heavy atom. The molecule has 2 bridgehead atoms. The van der Waals surface area contributed by atoms with E-state index in [9.17, 15) is 0 Å². The summed E-state index contributed by atoms with van der Waals surface area (Å²) >= 11 is 1.80. The topological polar surface area (TPSA) is 40.0 Å². The molecule has 3 aliphatic rings. The van der Waals surface area contributed by atoms with Gasteiger partial charge in [0.2, 0.25) is 0 Å². The lowest BCUT2D eigenvalue weighted by Gasteiger charge is -2.32. The molecule has 3 aliphatic heterocycles. The summed E-state index contributed by atoms with van der Waals surface area (Å²) in [6.07, 6.45) is 8.54. The van der Waals surface area contributed by atoms with Crippen LogP contribution in [0.15, 0.2) is 45.5 Å². The molecule has 0 aromatic carbocycles. The molecule has 114 valence electrons. The van der Waals surface area contributed by atoms with Crippen molar-refractivity contribution in [3.8, 4) is 0 Å². The van der Waals surface area contributed by atoms with Gasteiger partial charge in [-0.2, -0.15) is 0 Å². The highest BCUT2D eigenvalue weighted by Gasteiger charge is 2.23. The van der Waals surface area contributed by atoms with Crippen LogP contribution in [0.3, 0.4) is 0 Å². The van der Waals surface area contributed by atoms with E-state index in [1.165, 1.54) is 10.5 Å². The number of fused-ring (bicyclic) bond motifs is 1. The molecular formula is C17H20N4S. The molecule has 0 aliphatic carbocycles. The Morgan fingerprint density at radius 2 is 2.18 bits per heavy atom. The molecule has 4 heterocycles. The van der Waals surface area contributed by atoms with E-state index in [-0.39, 0.29) is 0 Å². The molecule has 0 radical (unpaired) electrons. The van der Waals surface area contributed by atoms with Gasteiger partial charge >= 0.3 is 0 Å². The third kappa shape index (κ3) is 2.78. The SMILES string of the molecule is C1=NC2=CC(C1)C/C(c1cccs1)=C\N=C2N1CCNCC1. The maximum atomic E-state index is 4.84. The van der Waals surface area contributed by atoms with Gasteiger partial charge in [-0.05, 0) is 35.8 Å². The standard InChI is InChI=1S/C17H20N4S/c1-2-16(22-9-1)14-10-13-3-4-19-15(11-13)17(20-12-14)21-7-5-18-6-8-21/h1-2,4,9,11-13,18H,3,5-8,10H2/b14-12+,20-17?. The number of nitrogens with zero attached hydrogens (tertiary/aromatic N) is 3. The van der Waals surface area contributed by atoms with Crippen molar-refractivity contribution in [3.63, 3.8) is 0 Å². The van der Waals surface area contributed by atoms with Crippen LogP contribution >= 0.6 is 11.3 Å². The van der Waals surface area contributed by atoms with Gasteiger partial charge < -0.3 is 10.2 Å². The molecule has 4 nitrogen and oxygen atoms in total. The Morgan fingerprint density at radius 3 is 3.00 bits per heavy atom. The van der Waals surface area contributed by atoms with Gasteiger partial charge in [-0.1, -0.05) is 12.1 Å². The van der Waals surface area contributed by atoms with Crippen LogP contribution < -0.4 is 5.32 Å². The number of thiophene rings is 1. The molecule has 0 amide bonds. The Hall–Kier alpha value is -1.72. The van der Waals surface area contributed by atoms with E-state index in [2.05, 4.69) is 51.2 Å². The van der Waals surface area contributed by atoms with Gasteiger partial charge in [0.15, 0.2) is 5.84 Å². The zero-order valence-electron chi connectivity index (χ0n) is 12.5. The van der Waals surface area contributed by atoms with Crippen molar-refractivity contribution < 1.29 is 0 Å². The van der Waals surface area contributed by atoms with E-state index in [1.54, 1.807) is 11.3 Å². The van der Waals surface area contributed by atoms with Crippen molar-refractivity contribution in [2.75, 3.05) is 26.2 Å². The molecule has 1 N–H and O–H groups in total. The Labute approximate surface area is 135 Å². The lowest BCUT2D eigenvalue weighted by molar-refractivity contribution is 0.357. The second kappa shape index (κ2) is 6.18. The van der Waals surface area contributed by atoms with E-state index in [1.807, 2.05) is 0 Å². The summed E-state index contributed by atoms with van der Waals surface area (Å²) in [5, 5.41) is 5.54. The van der Waals surface area contributed by atoms with E-state index in [4.69, 9.17) is 4.99 Å². The van der Waals surface area contributed by atoms with Crippen LogP contribution in [0, 0.1) is 5.92 Å². The smallest absolute Gasteiger partial charge is 0.154 e. The molecule has 0 spiro atoms. The lowest BCUT2D eigenvalue weighted by atomic mass is 9.92. The quantitative estimate of drug-likeness (QED) is 0.866. The molecule has 22 heavy (non-hydrogen) atoms. The maximum absolute atomic E-state index is 4.84. The van der Waals surface area contributed by atoms with Gasteiger partial charge in [-0.3, -0.25) is 4.99 Å². The average molecular weight is 312 g/mol. The highest BCUT2D eigenvalue weighted by Crippen LogP contribution is 2.32. The molecule has 1 atom stereocenters. The Bertz CT molecular complexity index is 648. The minimum Gasteiger partial charge on any atom is -0.352 e. The highest BCUT2D eigenvalue weighted by molar-refractivity contribution is 7.11. The van der Waals surface area contributed by atoms with Crippen LogP contribution in [0.25, 0.3) is 5.57 Å². The molecule has 1 unspecified atom stereocenters. The molecule has 5 heteroatoms. The summed E-state index contributed by atoms with van der Waals surface area (Å²) in [4.78, 5) is 13.1. The zero-order valence-corrected chi connectivity index (χ0v) is 13.4. The zero-order chi connectivity index (χ0) is 14.8. The van der Waals surface area contributed by atoms with E-state index < -0.39 is 0 Å². The number of nitrogens with one attached hydrogen (secondary N) is 1. The summed E-state index contributed by atoms with van der Waals surface area (Å²) in [6, 6.07) is 4.31. The third-order valence-corrected chi connectivity index (χ3v) is 5.29. The number of amidine groups is 1. The number of rotatable bonds is 1. The van der Waals surface area contributed by atoms with Crippen LogP contribution in [-0.2, 0) is 0 Å². The van der Waals surface area contributed by atoms with Crippen LogP contribution in [0.2, 0.25) is 0 Å². The molecule has 4 rings (SSSR count). The van der Waals surface area contributed by atoms with Gasteiger partial charge in [0.1, 0.15) is 5.70 Å². The van der Waals surface area contributed by atoms with Crippen LogP contribution in [-0.4, -0.2) is 43.1 Å². The van der Waals surface area contributed by atoms with Crippen molar-refractivity contribution in [2.24, 2.45) is 15.9 Å². The van der Waals surface area contributed by atoms with Crippen LogP contribution in [0.4, 0.5) is 0 Å². The fourth-order valence-electron chi connectivity index (χ4n) is 3.18. The number of hydrogen-bond acceptors (Lipinski definition) is 5. The normalized spacial score (nSPS) is 27.4. The fraction of sp³-hybridized carbons (Fsp3) is 0.412. The van der Waals surface area contributed by atoms with Gasteiger partial charge in [-0.15, -0.1) is 11.3 Å². The molecule has 1 fully saturated rings. The minimum absolute atomic E-state index is 0.536. The molecular weight excluding hydrogens is 292 g/mol. The van der Waals surface area contributed by atoms with E-state index in [0.29, 0.717) is 5.92 Å². The lowest BCUT2D eigenvalue weighted by Crippen LogP contribution is -2.47. The first kappa shape index (κ1) is 13.9. The monoisotopic (exact) mass is 312 g/mol. The summed E-state index contributed by atoms with van der Waals surface area (Å²) in [5.74, 6) is 1.57.